The molecule has 0 aliphatic rings. The Bertz CT molecular complexity index is 695. The molecule has 0 radical (unpaired) electrons. The summed E-state index contributed by atoms with van der Waals surface area (Å²) in [5.74, 6) is 0. The van der Waals surface area contributed by atoms with Crippen LogP contribution in [0.1, 0.15) is 5.56 Å². The van der Waals surface area contributed by atoms with Gasteiger partial charge in [-0.3, -0.25) is 0 Å². The lowest BCUT2D eigenvalue weighted by molar-refractivity contribution is 1.38. The minimum atomic E-state index is 1.16. The van der Waals surface area contributed by atoms with Crippen LogP contribution < -0.4 is 5.32 Å². The first-order valence-electron chi connectivity index (χ1n) is 6.15. The molecule has 0 aliphatic carbocycles. The number of para-hydroxylation sites is 1. The van der Waals surface area contributed by atoms with E-state index in [1.165, 1.54) is 27.7 Å². The van der Waals surface area contributed by atoms with E-state index < -0.39 is 0 Å². The second kappa shape index (κ2) is 4.22. The SMILES string of the molecule is CNc1c(-c2ccccc2C)[nH]c2ccccc12. The predicted molar refractivity (Wildman–Crippen MR) is 78.0 cm³/mol. The quantitative estimate of drug-likeness (QED) is 0.686. The van der Waals surface area contributed by atoms with E-state index in [0.717, 1.165) is 5.69 Å². The molecule has 0 saturated carbocycles. The summed E-state index contributed by atoms with van der Waals surface area (Å²) in [5.41, 5.74) is 6.02. The molecule has 18 heavy (non-hydrogen) atoms. The van der Waals surface area contributed by atoms with Crippen LogP contribution in [0, 0.1) is 6.92 Å². The van der Waals surface area contributed by atoms with Gasteiger partial charge in [0.1, 0.15) is 0 Å². The van der Waals surface area contributed by atoms with Gasteiger partial charge in [0.25, 0.3) is 0 Å². The van der Waals surface area contributed by atoms with E-state index in [1.54, 1.807) is 0 Å². The molecule has 90 valence electrons. The number of H-pyrrole nitrogens is 1. The van der Waals surface area contributed by atoms with Gasteiger partial charge in [0.2, 0.25) is 0 Å². The molecular weight excluding hydrogens is 220 g/mol. The maximum Gasteiger partial charge on any atom is 0.0703 e. The van der Waals surface area contributed by atoms with Crippen LogP contribution in [0.3, 0.4) is 0 Å². The van der Waals surface area contributed by atoms with Gasteiger partial charge in [0, 0.05) is 23.5 Å². The molecule has 0 aliphatic heterocycles. The minimum Gasteiger partial charge on any atom is -0.386 e. The first-order chi connectivity index (χ1) is 8.81. The Kier molecular flexibility index (Phi) is 2.56. The van der Waals surface area contributed by atoms with Crippen molar-refractivity contribution in [3.8, 4) is 11.3 Å². The zero-order chi connectivity index (χ0) is 12.5. The molecule has 2 N–H and O–H groups in total. The van der Waals surface area contributed by atoms with Crippen molar-refractivity contribution in [2.45, 2.75) is 6.92 Å². The van der Waals surface area contributed by atoms with E-state index in [9.17, 15) is 0 Å². The summed E-state index contributed by atoms with van der Waals surface area (Å²) in [6, 6.07) is 16.8. The van der Waals surface area contributed by atoms with E-state index in [1.807, 2.05) is 7.05 Å². The number of hydrogen-bond donors (Lipinski definition) is 2. The topological polar surface area (TPSA) is 27.8 Å². The molecule has 0 amide bonds. The molecule has 0 unspecified atom stereocenters. The molecule has 2 aromatic carbocycles. The molecule has 1 aromatic heterocycles. The highest BCUT2D eigenvalue weighted by Gasteiger charge is 2.12. The number of fused-ring (bicyclic) bond motifs is 1. The second-order valence-electron chi connectivity index (χ2n) is 4.49. The fourth-order valence-electron chi connectivity index (χ4n) is 2.46. The Morgan fingerprint density at radius 1 is 0.944 bits per heavy atom. The number of aromatic amines is 1. The van der Waals surface area contributed by atoms with Crippen LogP contribution >= 0.6 is 0 Å². The molecule has 0 saturated heterocycles. The smallest absolute Gasteiger partial charge is 0.0703 e. The molecule has 0 atom stereocenters. The van der Waals surface area contributed by atoms with E-state index in [-0.39, 0.29) is 0 Å². The molecule has 2 heteroatoms. The van der Waals surface area contributed by atoms with Crippen molar-refractivity contribution >= 4 is 16.6 Å². The van der Waals surface area contributed by atoms with E-state index in [0.29, 0.717) is 0 Å². The number of rotatable bonds is 2. The number of benzene rings is 2. The molecule has 2 nitrogen and oxygen atoms in total. The number of aryl methyl sites for hydroxylation is 1. The zero-order valence-corrected chi connectivity index (χ0v) is 10.6. The Labute approximate surface area is 107 Å². The lowest BCUT2D eigenvalue weighted by Gasteiger charge is -2.07. The lowest BCUT2D eigenvalue weighted by atomic mass is 10.0. The number of anilines is 1. The highest BCUT2D eigenvalue weighted by molar-refractivity contribution is 6.01. The van der Waals surface area contributed by atoms with Crippen molar-refractivity contribution in [2.75, 3.05) is 12.4 Å². The van der Waals surface area contributed by atoms with Gasteiger partial charge in [0.05, 0.1) is 11.4 Å². The molecular formula is C16H16N2. The van der Waals surface area contributed by atoms with Gasteiger partial charge in [-0.15, -0.1) is 0 Å². The van der Waals surface area contributed by atoms with Crippen molar-refractivity contribution in [3.05, 3.63) is 54.1 Å². The third-order valence-electron chi connectivity index (χ3n) is 3.37. The molecule has 3 rings (SSSR count). The summed E-state index contributed by atoms with van der Waals surface area (Å²) in [5, 5.41) is 4.55. The standard InChI is InChI=1S/C16H16N2/c1-11-7-3-4-8-12(11)16-15(17-2)13-9-5-6-10-14(13)18-16/h3-10,17-18H,1-2H3. The van der Waals surface area contributed by atoms with Crippen molar-refractivity contribution < 1.29 is 0 Å². The number of hydrogen-bond acceptors (Lipinski definition) is 1. The normalized spacial score (nSPS) is 10.8. The van der Waals surface area contributed by atoms with Gasteiger partial charge >= 0.3 is 0 Å². The van der Waals surface area contributed by atoms with Crippen LogP contribution in [0.5, 0.6) is 0 Å². The fourth-order valence-corrected chi connectivity index (χ4v) is 2.46. The van der Waals surface area contributed by atoms with Crippen LogP contribution in [-0.2, 0) is 0 Å². The minimum absolute atomic E-state index is 1.16. The summed E-state index contributed by atoms with van der Waals surface area (Å²) in [4.78, 5) is 3.51. The van der Waals surface area contributed by atoms with Gasteiger partial charge in [-0.1, -0.05) is 42.5 Å². The van der Waals surface area contributed by atoms with Gasteiger partial charge in [-0.2, -0.15) is 0 Å². The monoisotopic (exact) mass is 236 g/mol. The molecule has 1 heterocycles. The van der Waals surface area contributed by atoms with E-state index >= 15 is 0 Å². The summed E-state index contributed by atoms with van der Waals surface area (Å²) in [6.45, 7) is 2.14. The molecule has 0 spiro atoms. The number of nitrogens with one attached hydrogen (secondary N) is 2. The largest absolute Gasteiger partial charge is 0.386 e. The summed E-state index contributed by atoms with van der Waals surface area (Å²) >= 11 is 0. The molecule has 0 bridgehead atoms. The second-order valence-corrected chi connectivity index (χ2v) is 4.49. The first kappa shape index (κ1) is 10.9. The van der Waals surface area contributed by atoms with Gasteiger partial charge in [-0.05, 0) is 18.6 Å². The molecule has 3 aromatic rings. The highest BCUT2D eigenvalue weighted by atomic mass is 14.9. The van der Waals surface area contributed by atoms with Crippen molar-refractivity contribution in [2.24, 2.45) is 0 Å². The predicted octanol–water partition coefficient (Wildman–Crippen LogP) is 4.19. The summed E-state index contributed by atoms with van der Waals surface area (Å²) in [6.07, 6.45) is 0. The van der Waals surface area contributed by atoms with Gasteiger partial charge < -0.3 is 10.3 Å². The van der Waals surface area contributed by atoms with E-state index in [4.69, 9.17) is 0 Å². The van der Waals surface area contributed by atoms with Crippen LogP contribution in [0.25, 0.3) is 22.2 Å². The van der Waals surface area contributed by atoms with E-state index in [2.05, 4.69) is 65.8 Å². The molecule has 0 fully saturated rings. The summed E-state index contributed by atoms with van der Waals surface area (Å²) < 4.78 is 0. The maximum atomic E-state index is 3.51. The van der Waals surface area contributed by atoms with Crippen LogP contribution in [0.4, 0.5) is 5.69 Å². The first-order valence-corrected chi connectivity index (χ1v) is 6.15. The Morgan fingerprint density at radius 2 is 1.67 bits per heavy atom. The fraction of sp³-hybridized carbons (Fsp3) is 0.125. The average molecular weight is 236 g/mol. The van der Waals surface area contributed by atoms with Crippen molar-refractivity contribution in [1.29, 1.82) is 0 Å². The summed E-state index contributed by atoms with van der Waals surface area (Å²) in [7, 11) is 1.97. The Hall–Kier alpha value is -2.22. The maximum absolute atomic E-state index is 3.51. The number of aromatic nitrogens is 1. The highest BCUT2D eigenvalue weighted by Crippen LogP contribution is 2.35. The van der Waals surface area contributed by atoms with Crippen molar-refractivity contribution in [1.82, 2.24) is 4.98 Å². The lowest BCUT2D eigenvalue weighted by Crippen LogP contribution is -1.91. The van der Waals surface area contributed by atoms with Crippen molar-refractivity contribution in [3.63, 3.8) is 0 Å². The third kappa shape index (κ3) is 1.58. The van der Waals surface area contributed by atoms with Crippen LogP contribution in [0.2, 0.25) is 0 Å². The van der Waals surface area contributed by atoms with Gasteiger partial charge in [-0.25, -0.2) is 0 Å². The Morgan fingerprint density at radius 3 is 2.44 bits per heavy atom. The van der Waals surface area contributed by atoms with Crippen LogP contribution in [-0.4, -0.2) is 12.0 Å². The van der Waals surface area contributed by atoms with Gasteiger partial charge in [0.15, 0.2) is 0 Å². The van der Waals surface area contributed by atoms with Crippen LogP contribution in [0.15, 0.2) is 48.5 Å². The average Bonchev–Trinajstić information content (AvgIpc) is 2.77. The zero-order valence-electron chi connectivity index (χ0n) is 10.6. The third-order valence-corrected chi connectivity index (χ3v) is 3.37. The Balaban J connectivity index is 2.32.